The maximum absolute atomic E-state index is 13.2. The first-order chi connectivity index (χ1) is 9.52. The molecule has 1 heterocycles. The van der Waals surface area contributed by atoms with E-state index in [4.69, 9.17) is 4.74 Å². The second-order valence-corrected chi connectivity index (χ2v) is 5.66. The lowest BCUT2D eigenvalue weighted by Gasteiger charge is -2.09. The van der Waals surface area contributed by atoms with Gasteiger partial charge in [0.2, 0.25) is 5.88 Å². The molecule has 5 heteroatoms. The summed E-state index contributed by atoms with van der Waals surface area (Å²) in [6.07, 6.45) is 1.75. The minimum Gasteiger partial charge on any atom is -0.439 e. The Labute approximate surface area is 126 Å². The monoisotopic (exact) mass is 338 g/mol. The number of rotatable bonds is 5. The van der Waals surface area contributed by atoms with Crippen LogP contribution < -0.4 is 10.1 Å². The molecule has 0 aliphatic carbocycles. The summed E-state index contributed by atoms with van der Waals surface area (Å²) in [5.74, 6) is 0.500. The molecule has 0 saturated heterocycles. The summed E-state index contributed by atoms with van der Waals surface area (Å²) in [5.41, 5.74) is 1.08. The van der Waals surface area contributed by atoms with E-state index < -0.39 is 0 Å². The topological polar surface area (TPSA) is 34.1 Å². The van der Waals surface area contributed by atoms with Gasteiger partial charge in [0.1, 0.15) is 11.6 Å². The fourth-order valence-corrected chi connectivity index (χ4v) is 2.05. The Balaban J connectivity index is 2.03. The average molecular weight is 339 g/mol. The minimum atomic E-state index is -0.355. The predicted molar refractivity (Wildman–Crippen MR) is 80.4 cm³/mol. The van der Waals surface area contributed by atoms with Gasteiger partial charge in [-0.25, -0.2) is 9.37 Å². The van der Waals surface area contributed by atoms with Crippen molar-refractivity contribution in [3.05, 3.63) is 52.4 Å². The van der Waals surface area contributed by atoms with Crippen LogP contribution in [-0.4, -0.2) is 11.0 Å². The van der Waals surface area contributed by atoms with E-state index in [1.807, 2.05) is 6.07 Å². The van der Waals surface area contributed by atoms with Gasteiger partial charge in [-0.05, 0) is 17.7 Å². The molecule has 1 aromatic carbocycles. The van der Waals surface area contributed by atoms with Gasteiger partial charge >= 0.3 is 0 Å². The Morgan fingerprint density at radius 2 is 2.10 bits per heavy atom. The molecule has 0 bridgehead atoms. The molecule has 0 spiro atoms. The van der Waals surface area contributed by atoms with Gasteiger partial charge < -0.3 is 10.1 Å². The Bertz CT molecular complexity index is 552. The molecule has 0 saturated carbocycles. The van der Waals surface area contributed by atoms with Crippen LogP contribution in [-0.2, 0) is 6.54 Å². The van der Waals surface area contributed by atoms with Gasteiger partial charge in [-0.1, -0.05) is 35.8 Å². The van der Waals surface area contributed by atoms with E-state index in [0.717, 1.165) is 12.1 Å². The molecule has 0 amide bonds. The van der Waals surface area contributed by atoms with Crippen molar-refractivity contribution in [3.8, 4) is 11.6 Å². The number of ether oxygens (including phenoxy) is 1. The van der Waals surface area contributed by atoms with Crippen LogP contribution in [0.2, 0.25) is 0 Å². The van der Waals surface area contributed by atoms with Crippen molar-refractivity contribution in [1.29, 1.82) is 0 Å². The maximum atomic E-state index is 13.2. The van der Waals surface area contributed by atoms with Crippen LogP contribution in [0.1, 0.15) is 19.4 Å². The zero-order chi connectivity index (χ0) is 14.5. The average Bonchev–Trinajstić information content (AvgIpc) is 2.36. The Morgan fingerprint density at radius 3 is 2.70 bits per heavy atom. The third-order valence-electron chi connectivity index (χ3n) is 2.57. The van der Waals surface area contributed by atoms with Gasteiger partial charge in [0.05, 0.1) is 0 Å². The molecule has 0 atom stereocenters. The smallest absolute Gasteiger partial charge is 0.219 e. The number of halogens is 2. The van der Waals surface area contributed by atoms with E-state index in [1.165, 1.54) is 12.1 Å². The number of nitrogens with one attached hydrogen (secondary N) is 1. The molecular formula is C15H16BrFN2O. The van der Waals surface area contributed by atoms with Crippen LogP contribution >= 0.6 is 15.9 Å². The second-order valence-electron chi connectivity index (χ2n) is 4.75. The summed E-state index contributed by atoms with van der Waals surface area (Å²) in [6.45, 7) is 4.94. The molecule has 0 aliphatic heterocycles. The summed E-state index contributed by atoms with van der Waals surface area (Å²) in [5, 5.41) is 3.31. The number of aromatic nitrogens is 1. The standard InChI is InChI=1S/C15H16BrFN2O/c1-10(2)18-8-11-3-4-15(19-9-11)20-14-6-12(16)5-13(17)7-14/h3-7,9-10,18H,8H2,1-2H3. The Hall–Kier alpha value is -1.46. The van der Waals surface area contributed by atoms with Crippen molar-refractivity contribution in [2.24, 2.45) is 0 Å². The number of hydrogen-bond donors (Lipinski definition) is 1. The highest BCUT2D eigenvalue weighted by Gasteiger charge is 2.03. The molecule has 20 heavy (non-hydrogen) atoms. The van der Waals surface area contributed by atoms with Crippen LogP contribution in [0.4, 0.5) is 4.39 Å². The highest BCUT2D eigenvalue weighted by Crippen LogP contribution is 2.24. The largest absolute Gasteiger partial charge is 0.439 e. The van der Waals surface area contributed by atoms with E-state index in [0.29, 0.717) is 22.1 Å². The highest BCUT2D eigenvalue weighted by atomic mass is 79.9. The van der Waals surface area contributed by atoms with Crippen LogP contribution in [0.5, 0.6) is 11.6 Å². The molecule has 0 fully saturated rings. The molecule has 1 N–H and O–H groups in total. The number of benzene rings is 1. The van der Waals surface area contributed by atoms with Crippen molar-refractivity contribution in [2.45, 2.75) is 26.4 Å². The normalized spacial score (nSPS) is 10.8. The first-order valence-corrected chi connectivity index (χ1v) is 7.14. The summed E-state index contributed by atoms with van der Waals surface area (Å²) >= 11 is 3.22. The summed E-state index contributed by atoms with van der Waals surface area (Å²) in [4.78, 5) is 4.21. The zero-order valence-corrected chi connectivity index (χ0v) is 12.9. The van der Waals surface area contributed by atoms with Gasteiger partial charge in [-0.15, -0.1) is 0 Å². The lowest BCUT2D eigenvalue weighted by molar-refractivity contribution is 0.457. The van der Waals surface area contributed by atoms with Crippen molar-refractivity contribution in [3.63, 3.8) is 0 Å². The zero-order valence-electron chi connectivity index (χ0n) is 11.4. The maximum Gasteiger partial charge on any atom is 0.219 e. The number of nitrogens with zero attached hydrogens (tertiary/aromatic N) is 1. The van der Waals surface area contributed by atoms with Gasteiger partial charge in [0, 0.05) is 35.4 Å². The predicted octanol–water partition coefficient (Wildman–Crippen LogP) is 4.27. The number of pyridine rings is 1. The first-order valence-electron chi connectivity index (χ1n) is 6.35. The molecule has 2 aromatic rings. The van der Waals surface area contributed by atoms with E-state index in [-0.39, 0.29) is 5.82 Å². The van der Waals surface area contributed by atoms with Gasteiger partial charge in [-0.2, -0.15) is 0 Å². The molecular weight excluding hydrogens is 323 g/mol. The van der Waals surface area contributed by atoms with Crippen molar-refractivity contribution in [1.82, 2.24) is 10.3 Å². The lowest BCUT2D eigenvalue weighted by Crippen LogP contribution is -2.21. The molecule has 1 aromatic heterocycles. The van der Waals surface area contributed by atoms with Crippen LogP contribution in [0.3, 0.4) is 0 Å². The van der Waals surface area contributed by atoms with Gasteiger partial charge in [0.25, 0.3) is 0 Å². The fraction of sp³-hybridized carbons (Fsp3) is 0.267. The molecule has 106 valence electrons. The minimum absolute atomic E-state index is 0.355. The molecule has 0 radical (unpaired) electrons. The fourth-order valence-electron chi connectivity index (χ4n) is 1.61. The van der Waals surface area contributed by atoms with Gasteiger partial charge in [-0.3, -0.25) is 0 Å². The number of hydrogen-bond acceptors (Lipinski definition) is 3. The molecule has 0 unspecified atom stereocenters. The molecule has 3 nitrogen and oxygen atoms in total. The summed E-state index contributed by atoms with van der Waals surface area (Å²) in [7, 11) is 0. The Kier molecular flexibility index (Phi) is 5.09. The summed E-state index contributed by atoms with van der Waals surface area (Å²) in [6, 6.07) is 8.53. The third kappa shape index (κ3) is 4.58. The van der Waals surface area contributed by atoms with Crippen molar-refractivity contribution < 1.29 is 9.13 Å². The lowest BCUT2D eigenvalue weighted by atomic mass is 10.2. The SMILES string of the molecule is CC(C)NCc1ccc(Oc2cc(F)cc(Br)c2)nc1. The van der Waals surface area contributed by atoms with Crippen molar-refractivity contribution >= 4 is 15.9 Å². The van der Waals surface area contributed by atoms with Crippen LogP contribution in [0.25, 0.3) is 0 Å². The molecule has 2 rings (SSSR count). The van der Waals surface area contributed by atoms with E-state index in [1.54, 1.807) is 18.3 Å². The van der Waals surface area contributed by atoms with Crippen LogP contribution in [0, 0.1) is 5.82 Å². The van der Waals surface area contributed by atoms with E-state index in [2.05, 4.69) is 40.1 Å². The van der Waals surface area contributed by atoms with Crippen LogP contribution in [0.15, 0.2) is 41.0 Å². The Morgan fingerprint density at radius 1 is 1.30 bits per heavy atom. The quantitative estimate of drug-likeness (QED) is 0.883. The second kappa shape index (κ2) is 6.81. The van der Waals surface area contributed by atoms with E-state index >= 15 is 0 Å². The highest BCUT2D eigenvalue weighted by molar-refractivity contribution is 9.10. The first kappa shape index (κ1) is 14.9. The van der Waals surface area contributed by atoms with Crippen molar-refractivity contribution in [2.75, 3.05) is 0 Å². The summed E-state index contributed by atoms with van der Waals surface area (Å²) < 4.78 is 19.4. The third-order valence-corrected chi connectivity index (χ3v) is 3.03. The van der Waals surface area contributed by atoms with E-state index in [9.17, 15) is 4.39 Å². The molecule has 0 aliphatic rings. The van der Waals surface area contributed by atoms with Gasteiger partial charge in [0.15, 0.2) is 0 Å².